The van der Waals surface area contributed by atoms with Crippen LogP contribution in [0, 0.1) is 5.82 Å². The van der Waals surface area contributed by atoms with E-state index in [1.54, 1.807) is 18.3 Å². The molecule has 1 saturated heterocycles. The third kappa shape index (κ3) is 3.06. The van der Waals surface area contributed by atoms with Crippen LogP contribution in [-0.4, -0.2) is 35.6 Å². The van der Waals surface area contributed by atoms with Crippen LogP contribution in [0.2, 0.25) is 0 Å². The SMILES string of the molecule is CCCN(Cc1ccc(F)c2cccnc12)C1CCNC1. The highest BCUT2D eigenvalue weighted by atomic mass is 19.1. The van der Waals surface area contributed by atoms with Crippen LogP contribution in [0.5, 0.6) is 0 Å². The molecule has 2 heterocycles. The van der Waals surface area contributed by atoms with E-state index >= 15 is 0 Å². The molecule has 2 aromatic rings. The van der Waals surface area contributed by atoms with Gasteiger partial charge in [0.25, 0.3) is 0 Å². The molecule has 1 aromatic carbocycles. The Morgan fingerprint density at radius 3 is 3.05 bits per heavy atom. The predicted octanol–water partition coefficient (Wildman–Crippen LogP) is 2.95. The van der Waals surface area contributed by atoms with E-state index in [2.05, 4.69) is 22.1 Å². The summed E-state index contributed by atoms with van der Waals surface area (Å²) in [7, 11) is 0. The minimum absolute atomic E-state index is 0.188. The highest BCUT2D eigenvalue weighted by Crippen LogP contribution is 2.22. The summed E-state index contributed by atoms with van der Waals surface area (Å²) in [5.41, 5.74) is 1.91. The van der Waals surface area contributed by atoms with Gasteiger partial charge in [0, 0.05) is 30.7 Å². The number of rotatable bonds is 5. The largest absolute Gasteiger partial charge is 0.315 e. The first-order chi connectivity index (χ1) is 10.3. The Labute approximate surface area is 125 Å². The van der Waals surface area contributed by atoms with Crippen molar-refractivity contribution in [3.8, 4) is 0 Å². The van der Waals surface area contributed by atoms with E-state index in [0.717, 1.165) is 43.7 Å². The second kappa shape index (κ2) is 6.50. The van der Waals surface area contributed by atoms with Gasteiger partial charge in [0.15, 0.2) is 0 Å². The zero-order chi connectivity index (χ0) is 14.7. The van der Waals surface area contributed by atoms with E-state index in [1.165, 1.54) is 6.42 Å². The molecule has 21 heavy (non-hydrogen) atoms. The molecule has 1 unspecified atom stereocenters. The van der Waals surface area contributed by atoms with Crippen molar-refractivity contribution in [2.24, 2.45) is 0 Å². The van der Waals surface area contributed by atoms with E-state index < -0.39 is 0 Å². The van der Waals surface area contributed by atoms with Gasteiger partial charge >= 0.3 is 0 Å². The fraction of sp³-hybridized carbons (Fsp3) is 0.471. The van der Waals surface area contributed by atoms with Crippen molar-refractivity contribution in [3.05, 3.63) is 41.8 Å². The Kier molecular flexibility index (Phi) is 4.46. The highest BCUT2D eigenvalue weighted by Gasteiger charge is 2.22. The normalized spacial score (nSPS) is 18.7. The standard InChI is InChI=1S/C17H22FN3/c1-2-10-21(14-7-9-19-11-14)12-13-5-6-16(18)15-4-3-8-20-17(13)15/h3-6,8,14,19H,2,7,9-12H2,1H3. The number of pyridine rings is 1. The Balaban J connectivity index is 1.90. The molecule has 0 aliphatic carbocycles. The summed E-state index contributed by atoms with van der Waals surface area (Å²) in [6, 6.07) is 7.63. The topological polar surface area (TPSA) is 28.2 Å². The van der Waals surface area contributed by atoms with Crippen molar-refractivity contribution in [3.63, 3.8) is 0 Å². The lowest BCUT2D eigenvalue weighted by Gasteiger charge is -2.28. The quantitative estimate of drug-likeness (QED) is 0.916. The van der Waals surface area contributed by atoms with Gasteiger partial charge in [-0.15, -0.1) is 0 Å². The molecule has 112 valence electrons. The molecule has 1 fully saturated rings. The number of aromatic nitrogens is 1. The molecule has 3 nitrogen and oxygen atoms in total. The lowest BCUT2D eigenvalue weighted by atomic mass is 10.1. The van der Waals surface area contributed by atoms with E-state index in [0.29, 0.717) is 11.4 Å². The molecule has 4 heteroatoms. The van der Waals surface area contributed by atoms with E-state index in [1.807, 2.05) is 12.1 Å². The van der Waals surface area contributed by atoms with Crippen LogP contribution in [0.3, 0.4) is 0 Å². The summed E-state index contributed by atoms with van der Waals surface area (Å²) < 4.78 is 13.9. The van der Waals surface area contributed by atoms with Gasteiger partial charge in [0.05, 0.1) is 5.52 Å². The summed E-state index contributed by atoms with van der Waals surface area (Å²) in [4.78, 5) is 6.90. The van der Waals surface area contributed by atoms with Crippen molar-refractivity contribution in [2.75, 3.05) is 19.6 Å². The average Bonchev–Trinajstić information content (AvgIpc) is 3.04. The predicted molar refractivity (Wildman–Crippen MR) is 83.7 cm³/mol. The van der Waals surface area contributed by atoms with Crippen LogP contribution in [-0.2, 0) is 6.54 Å². The fourth-order valence-corrected chi connectivity index (χ4v) is 3.17. The molecular formula is C17H22FN3. The van der Waals surface area contributed by atoms with Crippen LogP contribution >= 0.6 is 0 Å². The lowest BCUT2D eigenvalue weighted by Crippen LogP contribution is -2.37. The van der Waals surface area contributed by atoms with Crippen molar-refractivity contribution in [1.82, 2.24) is 15.2 Å². The molecule has 0 saturated carbocycles. The van der Waals surface area contributed by atoms with Gasteiger partial charge in [-0.25, -0.2) is 4.39 Å². The number of hydrogen-bond acceptors (Lipinski definition) is 3. The molecular weight excluding hydrogens is 265 g/mol. The van der Waals surface area contributed by atoms with Gasteiger partial charge in [-0.1, -0.05) is 13.0 Å². The number of fused-ring (bicyclic) bond motifs is 1. The van der Waals surface area contributed by atoms with Crippen LogP contribution < -0.4 is 5.32 Å². The van der Waals surface area contributed by atoms with Crippen LogP contribution in [0.4, 0.5) is 4.39 Å². The molecule has 3 rings (SSSR count). The first-order valence-corrected chi connectivity index (χ1v) is 7.76. The number of halogens is 1. The maximum absolute atomic E-state index is 13.9. The van der Waals surface area contributed by atoms with Crippen molar-refractivity contribution >= 4 is 10.9 Å². The summed E-state index contributed by atoms with van der Waals surface area (Å²) >= 11 is 0. The summed E-state index contributed by atoms with van der Waals surface area (Å²) in [6.07, 6.45) is 4.06. The maximum atomic E-state index is 13.9. The minimum atomic E-state index is -0.188. The maximum Gasteiger partial charge on any atom is 0.132 e. The van der Waals surface area contributed by atoms with Crippen LogP contribution in [0.1, 0.15) is 25.3 Å². The van der Waals surface area contributed by atoms with E-state index in [9.17, 15) is 4.39 Å². The Morgan fingerprint density at radius 2 is 2.29 bits per heavy atom. The molecule has 1 aliphatic rings. The second-order valence-electron chi connectivity index (χ2n) is 5.72. The zero-order valence-corrected chi connectivity index (χ0v) is 12.5. The van der Waals surface area contributed by atoms with Gasteiger partial charge in [-0.05, 0) is 49.7 Å². The molecule has 1 atom stereocenters. The average molecular weight is 287 g/mol. The van der Waals surface area contributed by atoms with Gasteiger partial charge < -0.3 is 5.32 Å². The van der Waals surface area contributed by atoms with Crippen LogP contribution in [0.25, 0.3) is 10.9 Å². The second-order valence-corrected chi connectivity index (χ2v) is 5.72. The third-order valence-corrected chi connectivity index (χ3v) is 4.23. The smallest absolute Gasteiger partial charge is 0.132 e. The summed E-state index contributed by atoms with van der Waals surface area (Å²) in [6.45, 7) is 6.25. The van der Waals surface area contributed by atoms with E-state index in [4.69, 9.17) is 0 Å². The monoisotopic (exact) mass is 287 g/mol. The summed E-state index contributed by atoms with van der Waals surface area (Å²) in [5, 5.41) is 4.05. The number of benzene rings is 1. The molecule has 0 spiro atoms. The summed E-state index contributed by atoms with van der Waals surface area (Å²) in [5.74, 6) is -0.188. The molecule has 0 amide bonds. The van der Waals surface area contributed by atoms with E-state index in [-0.39, 0.29) is 5.82 Å². The lowest BCUT2D eigenvalue weighted by molar-refractivity contribution is 0.200. The Hall–Kier alpha value is -1.52. The van der Waals surface area contributed by atoms with Gasteiger partial charge in [0.1, 0.15) is 5.82 Å². The number of nitrogens with zero attached hydrogens (tertiary/aromatic N) is 2. The minimum Gasteiger partial charge on any atom is -0.315 e. The molecule has 1 aromatic heterocycles. The molecule has 1 N–H and O–H groups in total. The molecule has 0 bridgehead atoms. The first-order valence-electron chi connectivity index (χ1n) is 7.76. The van der Waals surface area contributed by atoms with Crippen molar-refractivity contribution in [2.45, 2.75) is 32.4 Å². The Bertz CT molecular complexity index is 608. The molecule has 0 radical (unpaired) electrons. The van der Waals surface area contributed by atoms with Crippen molar-refractivity contribution in [1.29, 1.82) is 0 Å². The Morgan fingerprint density at radius 1 is 1.38 bits per heavy atom. The van der Waals surface area contributed by atoms with Gasteiger partial charge in [-0.3, -0.25) is 9.88 Å². The zero-order valence-electron chi connectivity index (χ0n) is 12.5. The number of nitrogens with one attached hydrogen (secondary N) is 1. The number of hydrogen-bond donors (Lipinski definition) is 1. The van der Waals surface area contributed by atoms with Crippen molar-refractivity contribution < 1.29 is 4.39 Å². The third-order valence-electron chi connectivity index (χ3n) is 4.23. The highest BCUT2D eigenvalue weighted by molar-refractivity contribution is 5.82. The molecule has 1 aliphatic heterocycles. The fourth-order valence-electron chi connectivity index (χ4n) is 3.17. The van der Waals surface area contributed by atoms with Gasteiger partial charge in [0.2, 0.25) is 0 Å². The van der Waals surface area contributed by atoms with Gasteiger partial charge in [-0.2, -0.15) is 0 Å². The van der Waals surface area contributed by atoms with Crippen LogP contribution in [0.15, 0.2) is 30.5 Å². The first kappa shape index (κ1) is 14.4.